The third kappa shape index (κ3) is 2.10. The summed E-state index contributed by atoms with van der Waals surface area (Å²) in [6.45, 7) is 0.889. The van der Waals surface area contributed by atoms with Crippen molar-refractivity contribution >= 4 is 17.5 Å². The molecule has 0 atom stereocenters. The molecular formula is C9H12ClN3. The number of nitrogens with zero attached hydrogens (tertiary/aromatic N) is 2. The summed E-state index contributed by atoms with van der Waals surface area (Å²) in [6, 6.07) is 1.81. The van der Waals surface area contributed by atoms with Crippen LogP contribution in [0.5, 0.6) is 0 Å². The highest BCUT2D eigenvalue weighted by Gasteiger charge is 2.41. The van der Waals surface area contributed by atoms with Crippen molar-refractivity contribution in [2.45, 2.75) is 12.8 Å². The largest absolute Gasteiger partial charge is 0.354 e. The maximum atomic E-state index is 5.84. The molecule has 1 N–H and O–H groups in total. The molecule has 1 aliphatic rings. The summed E-state index contributed by atoms with van der Waals surface area (Å²) in [5.74, 6) is 1.42. The van der Waals surface area contributed by atoms with Crippen molar-refractivity contribution < 1.29 is 0 Å². The lowest BCUT2D eigenvalue weighted by atomic mass is 10.1. The molecule has 0 aromatic carbocycles. The van der Waals surface area contributed by atoms with E-state index < -0.39 is 0 Å². The Bertz CT molecular complexity index is 271. The number of nitrogens with one attached hydrogen (secondary N) is 1. The molecule has 0 bridgehead atoms. The van der Waals surface area contributed by atoms with Crippen LogP contribution < -0.4 is 5.32 Å². The van der Waals surface area contributed by atoms with Gasteiger partial charge in [-0.2, -0.15) is 0 Å². The van der Waals surface area contributed by atoms with Gasteiger partial charge in [-0.3, -0.25) is 0 Å². The van der Waals surface area contributed by atoms with Gasteiger partial charge in [-0.25, -0.2) is 9.97 Å². The van der Waals surface area contributed by atoms with E-state index in [1.807, 2.05) is 0 Å². The molecule has 13 heavy (non-hydrogen) atoms. The third-order valence-electron chi connectivity index (χ3n) is 2.43. The fraction of sp³-hybridized carbons (Fsp3) is 0.556. The van der Waals surface area contributed by atoms with Gasteiger partial charge in [-0.1, -0.05) is 0 Å². The molecule has 3 nitrogen and oxygen atoms in total. The minimum Gasteiger partial charge on any atom is -0.354 e. The van der Waals surface area contributed by atoms with Gasteiger partial charge in [0, 0.05) is 30.2 Å². The van der Waals surface area contributed by atoms with Crippen LogP contribution in [0.4, 0.5) is 5.95 Å². The zero-order valence-corrected chi connectivity index (χ0v) is 8.09. The van der Waals surface area contributed by atoms with Gasteiger partial charge in [0.15, 0.2) is 0 Å². The average Bonchev–Trinajstić information content (AvgIpc) is 2.97. The van der Waals surface area contributed by atoms with Crippen molar-refractivity contribution in [3.05, 3.63) is 18.5 Å². The van der Waals surface area contributed by atoms with Gasteiger partial charge >= 0.3 is 0 Å². The number of anilines is 1. The maximum absolute atomic E-state index is 5.84. The zero-order chi connectivity index (χ0) is 9.15. The number of hydrogen-bond acceptors (Lipinski definition) is 3. The van der Waals surface area contributed by atoms with E-state index in [-0.39, 0.29) is 0 Å². The van der Waals surface area contributed by atoms with Crippen LogP contribution in [0.2, 0.25) is 0 Å². The lowest BCUT2D eigenvalue weighted by molar-refractivity contribution is 0.615. The first-order valence-electron chi connectivity index (χ1n) is 4.42. The normalized spacial score (nSPS) is 18.2. The summed E-state index contributed by atoms with van der Waals surface area (Å²) < 4.78 is 0. The minimum atomic E-state index is 0.320. The first-order chi connectivity index (χ1) is 6.35. The summed E-state index contributed by atoms with van der Waals surface area (Å²) in [5.41, 5.74) is 0.320. The van der Waals surface area contributed by atoms with Crippen molar-refractivity contribution in [2.24, 2.45) is 5.41 Å². The summed E-state index contributed by atoms with van der Waals surface area (Å²) in [5, 5.41) is 3.19. The second-order valence-corrected chi connectivity index (χ2v) is 3.83. The van der Waals surface area contributed by atoms with Gasteiger partial charge in [0.2, 0.25) is 5.95 Å². The van der Waals surface area contributed by atoms with E-state index in [1.165, 1.54) is 12.8 Å². The van der Waals surface area contributed by atoms with E-state index in [2.05, 4.69) is 15.3 Å². The molecule has 1 heterocycles. The van der Waals surface area contributed by atoms with Gasteiger partial charge in [0.05, 0.1) is 0 Å². The Labute approximate surface area is 82.5 Å². The molecule has 0 amide bonds. The van der Waals surface area contributed by atoms with E-state index >= 15 is 0 Å². The predicted octanol–water partition coefficient (Wildman–Crippen LogP) is 1.91. The molecule has 0 unspecified atom stereocenters. The molecule has 0 radical (unpaired) electrons. The molecule has 0 spiro atoms. The van der Waals surface area contributed by atoms with E-state index in [1.54, 1.807) is 18.5 Å². The molecule has 1 aromatic rings. The smallest absolute Gasteiger partial charge is 0.222 e. The first kappa shape index (κ1) is 8.75. The third-order valence-corrected chi connectivity index (χ3v) is 2.99. The molecule has 1 aliphatic carbocycles. The highest BCUT2D eigenvalue weighted by molar-refractivity contribution is 6.18. The molecule has 1 saturated carbocycles. The molecule has 4 heteroatoms. The van der Waals surface area contributed by atoms with Crippen molar-refractivity contribution in [1.82, 2.24) is 9.97 Å². The van der Waals surface area contributed by atoms with Crippen LogP contribution >= 0.6 is 11.6 Å². The van der Waals surface area contributed by atoms with Gasteiger partial charge in [0.1, 0.15) is 0 Å². The number of alkyl halides is 1. The molecular weight excluding hydrogens is 186 g/mol. The standard InChI is InChI=1S/C9H12ClN3/c10-6-9(2-3-9)7-13-8-11-4-1-5-12-8/h1,4-5H,2-3,6-7H2,(H,11,12,13). The Morgan fingerprint density at radius 1 is 1.38 bits per heavy atom. The minimum absolute atomic E-state index is 0.320. The quantitative estimate of drug-likeness (QED) is 0.750. The van der Waals surface area contributed by atoms with Crippen molar-refractivity contribution in [2.75, 3.05) is 17.7 Å². The van der Waals surface area contributed by atoms with Crippen LogP contribution in [-0.4, -0.2) is 22.4 Å². The van der Waals surface area contributed by atoms with Crippen molar-refractivity contribution in [3.63, 3.8) is 0 Å². The van der Waals surface area contributed by atoms with Crippen molar-refractivity contribution in [3.8, 4) is 0 Å². The highest BCUT2D eigenvalue weighted by Crippen LogP contribution is 2.46. The molecule has 70 valence electrons. The Hall–Kier alpha value is -0.830. The topological polar surface area (TPSA) is 37.8 Å². The Morgan fingerprint density at radius 2 is 2.08 bits per heavy atom. The molecule has 0 aliphatic heterocycles. The number of rotatable bonds is 4. The maximum Gasteiger partial charge on any atom is 0.222 e. The summed E-state index contributed by atoms with van der Waals surface area (Å²) >= 11 is 5.84. The second kappa shape index (κ2) is 3.50. The lowest BCUT2D eigenvalue weighted by Gasteiger charge is -2.11. The van der Waals surface area contributed by atoms with Gasteiger partial charge in [-0.15, -0.1) is 11.6 Å². The van der Waals surface area contributed by atoms with E-state index in [0.717, 1.165) is 12.4 Å². The fourth-order valence-electron chi connectivity index (χ4n) is 1.19. The Morgan fingerprint density at radius 3 is 2.62 bits per heavy atom. The van der Waals surface area contributed by atoms with Crippen LogP contribution in [0.1, 0.15) is 12.8 Å². The van der Waals surface area contributed by atoms with Crippen LogP contribution in [0, 0.1) is 5.41 Å². The summed E-state index contributed by atoms with van der Waals surface area (Å²) in [4.78, 5) is 8.16. The van der Waals surface area contributed by atoms with Gasteiger partial charge < -0.3 is 5.32 Å². The summed E-state index contributed by atoms with van der Waals surface area (Å²) in [6.07, 6.45) is 5.90. The van der Waals surface area contributed by atoms with E-state index in [4.69, 9.17) is 11.6 Å². The lowest BCUT2D eigenvalue weighted by Crippen LogP contribution is -2.17. The molecule has 1 aromatic heterocycles. The van der Waals surface area contributed by atoms with Gasteiger partial charge in [0.25, 0.3) is 0 Å². The number of hydrogen-bond donors (Lipinski definition) is 1. The van der Waals surface area contributed by atoms with E-state index in [9.17, 15) is 0 Å². The Balaban J connectivity index is 1.86. The fourth-order valence-corrected chi connectivity index (χ4v) is 1.55. The van der Waals surface area contributed by atoms with Crippen LogP contribution in [0.3, 0.4) is 0 Å². The molecule has 1 fully saturated rings. The monoisotopic (exact) mass is 197 g/mol. The SMILES string of the molecule is ClCC1(CNc2ncccn2)CC1. The first-order valence-corrected chi connectivity index (χ1v) is 4.95. The predicted molar refractivity (Wildman–Crippen MR) is 52.9 cm³/mol. The zero-order valence-electron chi connectivity index (χ0n) is 7.33. The van der Waals surface area contributed by atoms with Gasteiger partial charge in [-0.05, 0) is 18.9 Å². The number of halogens is 1. The van der Waals surface area contributed by atoms with E-state index in [0.29, 0.717) is 11.4 Å². The summed E-state index contributed by atoms with van der Waals surface area (Å²) in [7, 11) is 0. The second-order valence-electron chi connectivity index (χ2n) is 3.56. The number of aromatic nitrogens is 2. The van der Waals surface area contributed by atoms with Crippen molar-refractivity contribution in [1.29, 1.82) is 0 Å². The molecule has 0 saturated heterocycles. The van der Waals surface area contributed by atoms with Crippen LogP contribution in [0.15, 0.2) is 18.5 Å². The van der Waals surface area contributed by atoms with Crippen LogP contribution in [-0.2, 0) is 0 Å². The van der Waals surface area contributed by atoms with Crippen LogP contribution in [0.25, 0.3) is 0 Å². The Kier molecular flexibility index (Phi) is 2.36. The average molecular weight is 198 g/mol. The highest BCUT2D eigenvalue weighted by atomic mass is 35.5. The molecule has 2 rings (SSSR count).